The summed E-state index contributed by atoms with van der Waals surface area (Å²) in [5.41, 5.74) is 13.7. The number of hydrogen-bond donors (Lipinski definition) is 0. The highest BCUT2D eigenvalue weighted by Gasteiger charge is 2.23. The van der Waals surface area contributed by atoms with Crippen LogP contribution in [0.4, 0.5) is 0 Å². The van der Waals surface area contributed by atoms with Crippen LogP contribution in [0.3, 0.4) is 0 Å². The second-order valence-corrected chi connectivity index (χ2v) is 18.5. The molecule has 14 rings (SSSR count). The molecule has 2 heteroatoms. The molecule has 12 aromatic carbocycles. The molecule has 0 unspecified atom stereocenters. The minimum Gasteiger partial charge on any atom is -0.309 e. The van der Waals surface area contributed by atoms with Gasteiger partial charge in [0.1, 0.15) is 0 Å². The minimum absolute atomic E-state index is 1.16. The molecular weight excluding hydrogens is 815 g/mol. The van der Waals surface area contributed by atoms with E-state index < -0.39 is 0 Å². The third-order valence-corrected chi connectivity index (χ3v) is 15.2. The molecule has 14 aromatic rings. The third kappa shape index (κ3) is 5.40. The highest BCUT2D eigenvalue weighted by molar-refractivity contribution is 7.26. The topological polar surface area (TPSA) is 4.93 Å². The Morgan fingerprint density at radius 2 is 0.712 bits per heavy atom. The summed E-state index contributed by atoms with van der Waals surface area (Å²) in [5.74, 6) is 0. The molecule has 2 heterocycles. The Bertz CT molecular complexity index is 4160. The summed E-state index contributed by atoms with van der Waals surface area (Å²) < 4.78 is 5.03. The maximum Gasteiger partial charge on any atom is 0.0547 e. The van der Waals surface area contributed by atoms with Crippen molar-refractivity contribution in [2.75, 3.05) is 0 Å². The number of nitrogens with zero attached hydrogens (tertiary/aromatic N) is 1. The zero-order chi connectivity index (χ0) is 43.3. The molecule has 0 spiro atoms. The summed E-state index contributed by atoms with van der Waals surface area (Å²) in [6.45, 7) is 0. The van der Waals surface area contributed by atoms with Crippen LogP contribution in [-0.2, 0) is 0 Å². The van der Waals surface area contributed by atoms with Crippen LogP contribution >= 0.6 is 11.3 Å². The van der Waals surface area contributed by atoms with Gasteiger partial charge in [0.2, 0.25) is 0 Å². The fraction of sp³-hybridized carbons (Fsp3) is 0. The molecule has 0 saturated heterocycles. The van der Waals surface area contributed by atoms with Crippen molar-refractivity contribution >= 4 is 96.4 Å². The van der Waals surface area contributed by atoms with Gasteiger partial charge in [-0.05, 0) is 112 Å². The molecule has 0 aliphatic carbocycles. The van der Waals surface area contributed by atoms with Crippen LogP contribution < -0.4 is 0 Å². The zero-order valence-electron chi connectivity index (χ0n) is 35.9. The predicted octanol–water partition coefficient (Wildman–Crippen LogP) is 18.4. The van der Waals surface area contributed by atoms with Gasteiger partial charge in [0.25, 0.3) is 0 Å². The molecular formula is C64H39NS. The van der Waals surface area contributed by atoms with Crippen molar-refractivity contribution in [3.8, 4) is 50.2 Å². The highest BCUT2D eigenvalue weighted by atomic mass is 32.1. The first-order valence-electron chi connectivity index (χ1n) is 22.8. The standard InChI is InChI=1S/C64H39NS/c1-3-19-40(20-4-1)59-45-24-7-13-30-51(45)62(52-31-14-8-25-46(52)59)54-33-17-34-55-63-53(32-18-36-58(63)66-64(54)55)61-49-28-11-9-26-47(49)60(48-27-10-12-29-50(48)61)41-37-38-44-43-23-15-16-35-56(43)65(57(44)39-41)42-21-5-2-6-22-42/h1-39H. The van der Waals surface area contributed by atoms with Crippen molar-refractivity contribution in [3.05, 3.63) is 237 Å². The van der Waals surface area contributed by atoms with Crippen molar-refractivity contribution in [2.24, 2.45) is 0 Å². The molecule has 0 N–H and O–H groups in total. The molecule has 66 heavy (non-hydrogen) atoms. The number of aromatic nitrogens is 1. The summed E-state index contributed by atoms with van der Waals surface area (Å²) in [6, 6.07) is 87.6. The van der Waals surface area contributed by atoms with Crippen LogP contribution in [0.2, 0.25) is 0 Å². The summed E-state index contributed by atoms with van der Waals surface area (Å²) in [4.78, 5) is 0. The first kappa shape index (κ1) is 37.1. The number of fused-ring (bicyclic) bond motifs is 10. The van der Waals surface area contributed by atoms with Crippen LogP contribution in [0.25, 0.3) is 135 Å². The Hall–Kier alpha value is -8.30. The van der Waals surface area contributed by atoms with Gasteiger partial charge in [-0.1, -0.05) is 206 Å². The molecule has 2 aromatic heterocycles. The average Bonchev–Trinajstić information content (AvgIpc) is 3.94. The molecule has 0 aliphatic heterocycles. The number of thiophene rings is 1. The van der Waals surface area contributed by atoms with Gasteiger partial charge >= 0.3 is 0 Å². The maximum absolute atomic E-state index is 2.42. The van der Waals surface area contributed by atoms with Crippen molar-refractivity contribution in [1.29, 1.82) is 0 Å². The Morgan fingerprint density at radius 3 is 1.32 bits per heavy atom. The highest BCUT2D eigenvalue weighted by Crippen LogP contribution is 2.52. The van der Waals surface area contributed by atoms with E-state index in [-0.39, 0.29) is 0 Å². The van der Waals surface area contributed by atoms with Crippen molar-refractivity contribution in [2.45, 2.75) is 0 Å². The fourth-order valence-electron chi connectivity index (χ4n) is 11.3. The van der Waals surface area contributed by atoms with E-state index in [1.807, 2.05) is 11.3 Å². The second-order valence-electron chi connectivity index (χ2n) is 17.4. The first-order chi connectivity index (χ1) is 32.8. The number of para-hydroxylation sites is 2. The number of benzene rings is 12. The van der Waals surface area contributed by atoms with E-state index in [2.05, 4.69) is 241 Å². The van der Waals surface area contributed by atoms with Crippen molar-refractivity contribution in [1.82, 2.24) is 4.57 Å². The Balaban J connectivity index is 1.03. The molecule has 0 amide bonds. The Kier molecular flexibility index (Phi) is 8.22. The van der Waals surface area contributed by atoms with Crippen LogP contribution in [0.15, 0.2) is 237 Å². The lowest BCUT2D eigenvalue weighted by Gasteiger charge is -2.19. The van der Waals surface area contributed by atoms with Gasteiger partial charge < -0.3 is 4.57 Å². The van der Waals surface area contributed by atoms with E-state index in [0.717, 1.165) is 5.69 Å². The van der Waals surface area contributed by atoms with Crippen LogP contribution in [0, 0.1) is 0 Å². The predicted molar refractivity (Wildman–Crippen MR) is 285 cm³/mol. The van der Waals surface area contributed by atoms with Crippen LogP contribution in [0.1, 0.15) is 0 Å². The zero-order valence-corrected chi connectivity index (χ0v) is 36.7. The quantitative estimate of drug-likeness (QED) is 0.152. The first-order valence-corrected chi connectivity index (χ1v) is 23.6. The summed E-state index contributed by atoms with van der Waals surface area (Å²) in [6.07, 6.45) is 0. The summed E-state index contributed by atoms with van der Waals surface area (Å²) in [7, 11) is 0. The summed E-state index contributed by atoms with van der Waals surface area (Å²) >= 11 is 1.92. The molecule has 306 valence electrons. The van der Waals surface area contributed by atoms with Gasteiger partial charge in [0, 0.05) is 42.2 Å². The second kappa shape index (κ2) is 14.6. The Labute approximate surface area is 385 Å². The lowest BCUT2D eigenvalue weighted by Crippen LogP contribution is -1.94. The van der Waals surface area contributed by atoms with E-state index in [1.165, 1.54) is 130 Å². The van der Waals surface area contributed by atoms with Crippen molar-refractivity contribution < 1.29 is 0 Å². The van der Waals surface area contributed by atoms with E-state index in [4.69, 9.17) is 0 Å². The Morgan fingerprint density at radius 1 is 0.273 bits per heavy atom. The van der Waals surface area contributed by atoms with Gasteiger partial charge in [-0.3, -0.25) is 0 Å². The van der Waals surface area contributed by atoms with Crippen molar-refractivity contribution in [3.63, 3.8) is 0 Å². The molecule has 0 radical (unpaired) electrons. The van der Waals surface area contributed by atoms with Gasteiger partial charge in [-0.2, -0.15) is 0 Å². The van der Waals surface area contributed by atoms with E-state index in [9.17, 15) is 0 Å². The smallest absolute Gasteiger partial charge is 0.0547 e. The monoisotopic (exact) mass is 853 g/mol. The van der Waals surface area contributed by atoms with E-state index >= 15 is 0 Å². The summed E-state index contributed by atoms with van der Waals surface area (Å²) in [5, 5.41) is 15.2. The maximum atomic E-state index is 2.42. The molecule has 0 aliphatic rings. The lowest BCUT2D eigenvalue weighted by molar-refractivity contribution is 1.18. The van der Waals surface area contributed by atoms with Gasteiger partial charge in [0.15, 0.2) is 0 Å². The fourth-order valence-corrected chi connectivity index (χ4v) is 12.5. The van der Waals surface area contributed by atoms with Crippen LogP contribution in [0.5, 0.6) is 0 Å². The largest absolute Gasteiger partial charge is 0.309 e. The number of hydrogen-bond acceptors (Lipinski definition) is 1. The normalized spacial score (nSPS) is 11.9. The third-order valence-electron chi connectivity index (χ3n) is 14.0. The lowest BCUT2D eigenvalue weighted by atomic mass is 9.84. The molecule has 0 saturated carbocycles. The molecule has 0 fully saturated rings. The molecule has 0 atom stereocenters. The number of rotatable bonds is 5. The van der Waals surface area contributed by atoms with Gasteiger partial charge in [-0.15, -0.1) is 11.3 Å². The van der Waals surface area contributed by atoms with Gasteiger partial charge in [0.05, 0.1) is 11.0 Å². The van der Waals surface area contributed by atoms with Gasteiger partial charge in [-0.25, -0.2) is 0 Å². The van der Waals surface area contributed by atoms with E-state index in [0.29, 0.717) is 0 Å². The minimum atomic E-state index is 1.16. The molecule has 0 bridgehead atoms. The van der Waals surface area contributed by atoms with E-state index in [1.54, 1.807) is 0 Å². The molecule has 1 nitrogen and oxygen atoms in total. The SMILES string of the molecule is c1ccc(-c2c3ccccc3c(-c3cccc4c3sc3cccc(-c5c6ccccc6c(-c6ccc7c8ccccc8n(-c8ccccc8)c7c6)c6ccccc56)c34)c3ccccc23)cc1. The van der Waals surface area contributed by atoms with Crippen LogP contribution in [-0.4, -0.2) is 4.57 Å². The average molecular weight is 854 g/mol.